The lowest BCUT2D eigenvalue weighted by molar-refractivity contribution is 0.0263. The Bertz CT molecular complexity index is 1400. The number of aryl methyl sites for hydroxylation is 2. The number of imidazole rings is 1. The van der Waals surface area contributed by atoms with Crippen molar-refractivity contribution in [1.82, 2.24) is 19.3 Å². The van der Waals surface area contributed by atoms with E-state index in [-0.39, 0.29) is 46.2 Å². The zero-order chi connectivity index (χ0) is 28.3. The van der Waals surface area contributed by atoms with Crippen LogP contribution >= 0.6 is 23.2 Å². The number of hydrogen-bond acceptors (Lipinski definition) is 6. The molecule has 3 aromatic rings. The standard InChI is InChI=1S/C27H32Cl2FN5O4/c1-26(2,37)12-39-25-20(29)23(35(4)33-25)27(38)10-15-7-14(8-16(15)11-27)21-22(34(3)13-31-21)24(36)32-17-5-6-19(30)18(28)9-17/h5-6,9,13-16,37-38H,7-8,10-12H2,1-4H3,(H,32,36). The Morgan fingerprint density at radius 2 is 1.92 bits per heavy atom. The number of fused-ring (bicyclic) bond motifs is 1. The van der Waals surface area contributed by atoms with Gasteiger partial charge >= 0.3 is 0 Å². The number of carbonyl (C=O) groups is 1. The normalized spacial score (nSPS) is 24.7. The van der Waals surface area contributed by atoms with Gasteiger partial charge in [0, 0.05) is 25.7 Å². The second-order valence-electron chi connectivity index (χ2n) is 11.5. The quantitative estimate of drug-likeness (QED) is 0.370. The fourth-order valence-electron chi connectivity index (χ4n) is 6.18. The summed E-state index contributed by atoms with van der Waals surface area (Å²) in [7, 11) is 3.49. The molecule has 2 aliphatic carbocycles. The maximum absolute atomic E-state index is 13.5. The van der Waals surface area contributed by atoms with Crippen molar-refractivity contribution in [1.29, 1.82) is 0 Å². The smallest absolute Gasteiger partial charge is 0.274 e. The van der Waals surface area contributed by atoms with Crippen LogP contribution in [-0.4, -0.2) is 47.7 Å². The van der Waals surface area contributed by atoms with E-state index in [1.165, 1.54) is 18.2 Å². The van der Waals surface area contributed by atoms with Crippen molar-refractivity contribution in [2.24, 2.45) is 25.9 Å². The monoisotopic (exact) mass is 579 g/mol. The second kappa shape index (κ2) is 10.1. The molecule has 12 heteroatoms. The first kappa shape index (κ1) is 27.9. The highest BCUT2D eigenvalue weighted by Crippen LogP contribution is 2.58. The van der Waals surface area contributed by atoms with Gasteiger partial charge in [-0.1, -0.05) is 23.2 Å². The Morgan fingerprint density at radius 1 is 1.26 bits per heavy atom. The van der Waals surface area contributed by atoms with Crippen LogP contribution in [0.1, 0.15) is 67.3 Å². The van der Waals surface area contributed by atoms with E-state index in [1.807, 2.05) is 0 Å². The van der Waals surface area contributed by atoms with Crippen LogP contribution in [0.3, 0.4) is 0 Å². The zero-order valence-corrected chi connectivity index (χ0v) is 23.7. The van der Waals surface area contributed by atoms with E-state index in [2.05, 4.69) is 15.4 Å². The molecule has 2 aromatic heterocycles. The minimum Gasteiger partial charge on any atom is -0.473 e. The number of hydrogen-bond donors (Lipinski definition) is 3. The highest BCUT2D eigenvalue weighted by atomic mass is 35.5. The number of benzene rings is 1. The van der Waals surface area contributed by atoms with Crippen LogP contribution in [0.15, 0.2) is 24.5 Å². The molecular formula is C27H32Cl2FN5O4. The van der Waals surface area contributed by atoms with Gasteiger partial charge in [-0.15, -0.1) is 5.10 Å². The lowest BCUT2D eigenvalue weighted by atomic mass is 9.90. The van der Waals surface area contributed by atoms with Gasteiger partial charge < -0.3 is 24.8 Å². The molecule has 0 radical (unpaired) electrons. The van der Waals surface area contributed by atoms with E-state index in [1.54, 1.807) is 43.5 Å². The summed E-state index contributed by atoms with van der Waals surface area (Å²) in [5.74, 6) is -0.247. The van der Waals surface area contributed by atoms with Crippen molar-refractivity contribution in [3.05, 3.63) is 57.5 Å². The van der Waals surface area contributed by atoms with Gasteiger partial charge in [0.15, 0.2) is 0 Å². The number of aromatic nitrogens is 4. The molecule has 2 aliphatic rings. The van der Waals surface area contributed by atoms with Crippen LogP contribution in [0.2, 0.25) is 10.0 Å². The molecule has 0 saturated heterocycles. The number of anilines is 1. The minimum atomic E-state index is -1.17. The van der Waals surface area contributed by atoms with Crippen molar-refractivity contribution >= 4 is 34.8 Å². The fourth-order valence-corrected chi connectivity index (χ4v) is 6.75. The summed E-state index contributed by atoms with van der Waals surface area (Å²) in [5, 5.41) is 29.0. The predicted molar refractivity (Wildman–Crippen MR) is 145 cm³/mol. The van der Waals surface area contributed by atoms with Gasteiger partial charge in [0.25, 0.3) is 11.8 Å². The molecule has 39 heavy (non-hydrogen) atoms. The summed E-state index contributed by atoms with van der Waals surface area (Å²) in [6, 6.07) is 4.04. The van der Waals surface area contributed by atoms with Crippen molar-refractivity contribution < 1.29 is 24.1 Å². The van der Waals surface area contributed by atoms with Crippen LogP contribution in [-0.2, 0) is 19.7 Å². The summed E-state index contributed by atoms with van der Waals surface area (Å²) in [5.41, 5.74) is -0.157. The summed E-state index contributed by atoms with van der Waals surface area (Å²) in [6.07, 6.45) is 4.16. The predicted octanol–water partition coefficient (Wildman–Crippen LogP) is 4.79. The number of nitrogens with one attached hydrogen (secondary N) is 1. The SMILES string of the molecule is Cn1cnc(C2CC3CC(O)(c4c(Cl)c(OCC(C)(C)O)nn4C)CC3C2)c1C(=O)Nc1ccc(F)c(Cl)c1. The molecule has 2 saturated carbocycles. The first-order valence-corrected chi connectivity index (χ1v) is 13.6. The summed E-state index contributed by atoms with van der Waals surface area (Å²) >= 11 is 12.5. The molecule has 9 nitrogen and oxygen atoms in total. The van der Waals surface area contributed by atoms with Gasteiger partial charge in [-0.3, -0.25) is 9.48 Å². The van der Waals surface area contributed by atoms with Crippen molar-refractivity contribution in [3.63, 3.8) is 0 Å². The molecule has 5 rings (SSSR count). The molecule has 0 bridgehead atoms. The Kier molecular flexibility index (Phi) is 7.20. The lowest BCUT2D eigenvalue weighted by Crippen LogP contribution is -2.28. The number of rotatable bonds is 7. The van der Waals surface area contributed by atoms with Crippen molar-refractivity contribution in [3.8, 4) is 5.88 Å². The fraction of sp³-hybridized carbons (Fsp3) is 0.519. The van der Waals surface area contributed by atoms with Crippen LogP contribution in [0.4, 0.5) is 10.1 Å². The molecule has 3 N–H and O–H groups in total. The molecule has 0 aliphatic heterocycles. The number of nitrogens with zero attached hydrogens (tertiary/aromatic N) is 4. The number of carbonyl (C=O) groups excluding carboxylic acids is 1. The maximum Gasteiger partial charge on any atom is 0.274 e. The van der Waals surface area contributed by atoms with Gasteiger partial charge in [0.2, 0.25) is 0 Å². The van der Waals surface area contributed by atoms with E-state index < -0.39 is 17.0 Å². The zero-order valence-electron chi connectivity index (χ0n) is 22.2. The van der Waals surface area contributed by atoms with E-state index in [9.17, 15) is 19.4 Å². The third kappa shape index (κ3) is 5.39. The van der Waals surface area contributed by atoms with E-state index in [0.29, 0.717) is 35.6 Å². The molecule has 2 unspecified atom stereocenters. The minimum absolute atomic E-state index is 0.0166. The highest BCUT2D eigenvalue weighted by molar-refractivity contribution is 6.32. The molecular weight excluding hydrogens is 548 g/mol. The van der Waals surface area contributed by atoms with Crippen LogP contribution in [0.5, 0.6) is 5.88 Å². The van der Waals surface area contributed by atoms with Crippen molar-refractivity contribution in [2.75, 3.05) is 11.9 Å². The Balaban J connectivity index is 1.30. The molecule has 2 fully saturated rings. The van der Waals surface area contributed by atoms with Gasteiger partial charge in [0.05, 0.1) is 28.3 Å². The van der Waals surface area contributed by atoms with Crippen molar-refractivity contribution in [2.45, 2.75) is 56.7 Å². The third-order valence-corrected chi connectivity index (χ3v) is 8.38. The topological polar surface area (TPSA) is 114 Å². The average molecular weight is 580 g/mol. The number of ether oxygens (including phenoxy) is 1. The Morgan fingerprint density at radius 3 is 2.54 bits per heavy atom. The first-order chi connectivity index (χ1) is 18.3. The first-order valence-electron chi connectivity index (χ1n) is 12.8. The second-order valence-corrected chi connectivity index (χ2v) is 12.3. The highest BCUT2D eigenvalue weighted by Gasteiger charge is 2.52. The largest absolute Gasteiger partial charge is 0.473 e. The van der Waals surface area contributed by atoms with Crippen LogP contribution in [0.25, 0.3) is 0 Å². The molecule has 2 heterocycles. The summed E-state index contributed by atoms with van der Waals surface area (Å²) in [4.78, 5) is 17.8. The Hall–Kier alpha value is -2.66. The van der Waals surface area contributed by atoms with Gasteiger partial charge in [0.1, 0.15) is 28.7 Å². The van der Waals surface area contributed by atoms with Gasteiger partial charge in [-0.25, -0.2) is 9.37 Å². The number of halogens is 3. The van der Waals surface area contributed by atoms with Crippen LogP contribution < -0.4 is 10.1 Å². The Labute approximate surface area is 235 Å². The number of aliphatic hydroxyl groups is 2. The van der Waals surface area contributed by atoms with Crippen LogP contribution in [0, 0.1) is 17.7 Å². The molecule has 210 valence electrons. The molecule has 1 amide bonds. The lowest BCUT2D eigenvalue weighted by Gasteiger charge is -2.25. The van der Waals surface area contributed by atoms with Gasteiger partial charge in [-0.05, 0) is 69.6 Å². The molecule has 0 spiro atoms. The maximum atomic E-state index is 13.5. The van der Waals surface area contributed by atoms with E-state index >= 15 is 0 Å². The van der Waals surface area contributed by atoms with Gasteiger partial charge in [-0.2, -0.15) is 0 Å². The average Bonchev–Trinajstić information content (AvgIpc) is 3.55. The third-order valence-electron chi connectivity index (χ3n) is 7.75. The summed E-state index contributed by atoms with van der Waals surface area (Å²) < 4.78 is 22.4. The summed E-state index contributed by atoms with van der Waals surface area (Å²) in [6.45, 7) is 3.27. The molecule has 1 aromatic carbocycles. The van der Waals surface area contributed by atoms with E-state index in [4.69, 9.17) is 27.9 Å². The van der Waals surface area contributed by atoms with E-state index in [0.717, 1.165) is 12.8 Å². The number of amides is 1. The molecule has 2 atom stereocenters.